The summed E-state index contributed by atoms with van der Waals surface area (Å²) < 4.78 is 5.11. The van der Waals surface area contributed by atoms with E-state index in [0.717, 1.165) is 19.3 Å². The molecule has 112 valence electrons. The fourth-order valence-electron chi connectivity index (χ4n) is 3.36. The summed E-state index contributed by atoms with van der Waals surface area (Å²) >= 11 is 3.57. The van der Waals surface area contributed by atoms with Gasteiger partial charge >= 0.3 is 0 Å². The molecule has 1 aliphatic rings. The van der Waals surface area contributed by atoms with E-state index in [9.17, 15) is 4.79 Å². The molecule has 1 atom stereocenters. The summed E-state index contributed by atoms with van der Waals surface area (Å²) in [5, 5.41) is 0. The van der Waals surface area contributed by atoms with Crippen molar-refractivity contribution in [1.82, 2.24) is 4.90 Å². The van der Waals surface area contributed by atoms with Gasteiger partial charge in [0.1, 0.15) is 0 Å². The van der Waals surface area contributed by atoms with E-state index in [1.54, 1.807) is 7.11 Å². The molecule has 0 aromatic carbocycles. The summed E-state index contributed by atoms with van der Waals surface area (Å²) in [4.78, 5) is 14.9. The first kappa shape index (κ1) is 17.0. The van der Waals surface area contributed by atoms with Crippen molar-refractivity contribution in [2.45, 2.75) is 50.8 Å². The normalized spacial score (nSPS) is 19.7. The van der Waals surface area contributed by atoms with Crippen molar-refractivity contribution in [2.75, 3.05) is 27.3 Å². The minimum absolute atomic E-state index is 0.0945. The van der Waals surface area contributed by atoms with Gasteiger partial charge in [-0.1, -0.05) is 42.6 Å². The molecular weight excluding hydrogens is 306 g/mol. The predicted molar refractivity (Wildman–Crippen MR) is 82.6 cm³/mol. The summed E-state index contributed by atoms with van der Waals surface area (Å²) in [5.41, 5.74) is -0.0945. The Bertz CT molecular complexity index is 288. The van der Waals surface area contributed by atoms with Crippen molar-refractivity contribution in [3.05, 3.63) is 0 Å². The largest absolute Gasteiger partial charge is 0.383 e. The fourth-order valence-corrected chi connectivity index (χ4v) is 4.06. The Labute approximate surface area is 126 Å². The second kappa shape index (κ2) is 7.63. The summed E-state index contributed by atoms with van der Waals surface area (Å²) in [6, 6.07) is 0. The molecule has 1 aliphatic carbocycles. The van der Waals surface area contributed by atoms with Crippen molar-refractivity contribution < 1.29 is 9.53 Å². The van der Waals surface area contributed by atoms with Crippen LogP contribution in [0.2, 0.25) is 0 Å². The van der Waals surface area contributed by atoms with Crippen molar-refractivity contribution in [3.63, 3.8) is 0 Å². The van der Waals surface area contributed by atoms with E-state index < -0.39 is 0 Å². The molecule has 1 amide bonds. The number of hydrogen-bond donors (Lipinski definition) is 0. The number of halogens is 1. The number of amides is 1. The number of carbonyl (C=O) groups excluding carboxylic acids is 1. The van der Waals surface area contributed by atoms with E-state index in [4.69, 9.17) is 4.74 Å². The second-order valence-corrected chi connectivity index (χ2v) is 7.62. The zero-order chi connectivity index (χ0) is 14.5. The van der Waals surface area contributed by atoms with Crippen LogP contribution < -0.4 is 0 Å². The Kier molecular flexibility index (Phi) is 6.81. The number of alkyl halides is 1. The van der Waals surface area contributed by atoms with Gasteiger partial charge < -0.3 is 9.64 Å². The number of nitrogens with zero attached hydrogens (tertiary/aromatic N) is 1. The first-order chi connectivity index (χ1) is 8.91. The van der Waals surface area contributed by atoms with Gasteiger partial charge in [0, 0.05) is 26.1 Å². The van der Waals surface area contributed by atoms with Gasteiger partial charge in [-0.15, -0.1) is 0 Å². The van der Waals surface area contributed by atoms with Crippen LogP contribution in [0.1, 0.15) is 46.0 Å². The van der Waals surface area contributed by atoms with Crippen LogP contribution in [0.5, 0.6) is 0 Å². The van der Waals surface area contributed by atoms with Gasteiger partial charge in [-0.2, -0.15) is 0 Å². The Hall–Kier alpha value is -0.0900. The molecule has 19 heavy (non-hydrogen) atoms. The number of methoxy groups -OCH3 is 1. The molecule has 4 heteroatoms. The first-order valence-corrected chi connectivity index (χ1v) is 8.21. The molecule has 1 unspecified atom stereocenters. The lowest BCUT2D eigenvalue weighted by Crippen LogP contribution is -2.44. The molecule has 1 fully saturated rings. The molecule has 0 bridgehead atoms. The van der Waals surface area contributed by atoms with E-state index in [-0.39, 0.29) is 10.2 Å². The van der Waals surface area contributed by atoms with Crippen LogP contribution in [-0.4, -0.2) is 42.9 Å². The molecule has 0 radical (unpaired) electrons. The van der Waals surface area contributed by atoms with Crippen LogP contribution in [0.15, 0.2) is 0 Å². The van der Waals surface area contributed by atoms with E-state index in [1.165, 1.54) is 12.8 Å². The Morgan fingerprint density at radius 3 is 2.42 bits per heavy atom. The van der Waals surface area contributed by atoms with Gasteiger partial charge in [0.2, 0.25) is 5.91 Å². The molecule has 0 heterocycles. The molecule has 0 saturated heterocycles. The molecule has 0 aromatic heterocycles. The lowest BCUT2D eigenvalue weighted by atomic mass is 9.77. The lowest BCUT2D eigenvalue weighted by Gasteiger charge is -2.34. The quantitative estimate of drug-likeness (QED) is 0.667. The summed E-state index contributed by atoms with van der Waals surface area (Å²) in [6.45, 7) is 5.78. The average Bonchev–Trinajstić information content (AvgIpc) is 2.76. The molecule has 1 saturated carbocycles. The molecule has 3 nitrogen and oxygen atoms in total. The number of hydrogen-bond acceptors (Lipinski definition) is 2. The minimum atomic E-state index is -0.0945. The Balaban J connectivity index is 2.66. The van der Waals surface area contributed by atoms with E-state index in [1.807, 2.05) is 11.9 Å². The first-order valence-electron chi connectivity index (χ1n) is 7.30. The van der Waals surface area contributed by atoms with Crippen LogP contribution in [0, 0.1) is 11.3 Å². The molecule has 0 aromatic rings. The average molecular weight is 334 g/mol. The molecular formula is C15H28BrNO2. The third-order valence-electron chi connectivity index (χ3n) is 3.98. The second-order valence-electron chi connectivity index (χ2n) is 6.32. The minimum Gasteiger partial charge on any atom is -0.383 e. The van der Waals surface area contributed by atoms with Crippen LogP contribution in [0.3, 0.4) is 0 Å². The van der Waals surface area contributed by atoms with Gasteiger partial charge in [0.15, 0.2) is 0 Å². The zero-order valence-electron chi connectivity index (χ0n) is 12.7. The standard InChI is InChI=1S/C15H28BrNO2/c1-12(2)9-15(7-5-6-8-15)14(18)17(3)10-13(16)11-19-4/h12-13H,5-11H2,1-4H3. The maximum Gasteiger partial charge on any atom is 0.228 e. The molecule has 0 aliphatic heterocycles. The summed E-state index contributed by atoms with van der Waals surface area (Å²) in [7, 11) is 3.61. The van der Waals surface area contributed by atoms with Crippen LogP contribution in [0.4, 0.5) is 0 Å². The van der Waals surface area contributed by atoms with E-state index in [2.05, 4.69) is 29.8 Å². The van der Waals surface area contributed by atoms with Crippen molar-refractivity contribution in [1.29, 1.82) is 0 Å². The van der Waals surface area contributed by atoms with E-state index >= 15 is 0 Å². The Morgan fingerprint density at radius 1 is 1.37 bits per heavy atom. The molecule has 0 spiro atoms. The number of rotatable bonds is 7. The van der Waals surface area contributed by atoms with Crippen LogP contribution in [-0.2, 0) is 9.53 Å². The monoisotopic (exact) mass is 333 g/mol. The third kappa shape index (κ3) is 4.75. The highest BCUT2D eigenvalue weighted by atomic mass is 79.9. The maximum atomic E-state index is 12.8. The topological polar surface area (TPSA) is 29.5 Å². The molecule has 0 N–H and O–H groups in total. The summed E-state index contributed by atoms with van der Waals surface area (Å²) in [6.07, 6.45) is 5.54. The van der Waals surface area contributed by atoms with Gasteiger partial charge in [-0.05, 0) is 25.2 Å². The van der Waals surface area contributed by atoms with Crippen LogP contribution in [0.25, 0.3) is 0 Å². The fraction of sp³-hybridized carbons (Fsp3) is 0.933. The lowest BCUT2D eigenvalue weighted by molar-refractivity contribution is -0.141. The van der Waals surface area contributed by atoms with Crippen molar-refractivity contribution >= 4 is 21.8 Å². The van der Waals surface area contributed by atoms with Crippen molar-refractivity contribution in [3.8, 4) is 0 Å². The van der Waals surface area contributed by atoms with Gasteiger partial charge in [-0.25, -0.2) is 0 Å². The predicted octanol–water partition coefficient (Wildman–Crippen LogP) is 3.46. The highest BCUT2D eigenvalue weighted by molar-refractivity contribution is 9.09. The number of carbonyl (C=O) groups is 1. The smallest absolute Gasteiger partial charge is 0.228 e. The third-order valence-corrected chi connectivity index (χ3v) is 4.53. The SMILES string of the molecule is COCC(Br)CN(C)C(=O)C1(CC(C)C)CCCC1. The maximum absolute atomic E-state index is 12.8. The van der Waals surface area contributed by atoms with Crippen LogP contribution >= 0.6 is 15.9 Å². The highest BCUT2D eigenvalue weighted by Gasteiger charge is 2.42. The van der Waals surface area contributed by atoms with E-state index in [0.29, 0.717) is 25.0 Å². The number of ether oxygens (including phenoxy) is 1. The Morgan fingerprint density at radius 2 is 1.95 bits per heavy atom. The molecule has 1 rings (SSSR count). The van der Waals surface area contributed by atoms with Gasteiger partial charge in [0.25, 0.3) is 0 Å². The highest BCUT2D eigenvalue weighted by Crippen LogP contribution is 2.44. The van der Waals surface area contributed by atoms with Crippen molar-refractivity contribution in [2.24, 2.45) is 11.3 Å². The zero-order valence-corrected chi connectivity index (χ0v) is 14.3. The van der Waals surface area contributed by atoms with Gasteiger partial charge in [-0.3, -0.25) is 4.79 Å². The summed E-state index contributed by atoms with van der Waals surface area (Å²) in [5.74, 6) is 0.911. The van der Waals surface area contributed by atoms with Gasteiger partial charge in [0.05, 0.1) is 11.4 Å².